The average Bonchev–Trinajstić information content (AvgIpc) is 2.40. The van der Waals surface area contributed by atoms with Crippen molar-refractivity contribution >= 4 is 17.7 Å². The summed E-state index contributed by atoms with van der Waals surface area (Å²) in [6.45, 7) is 3.76. The molecule has 1 fully saturated rings. The van der Waals surface area contributed by atoms with Crippen molar-refractivity contribution in [3.63, 3.8) is 0 Å². The molecule has 17 heavy (non-hydrogen) atoms. The van der Waals surface area contributed by atoms with E-state index in [0.29, 0.717) is 5.02 Å². The van der Waals surface area contributed by atoms with Crippen LogP contribution in [0, 0.1) is 11.3 Å². The van der Waals surface area contributed by atoms with Crippen molar-refractivity contribution in [1.29, 1.82) is 5.26 Å². The fraction of sp³-hybridized carbons (Fsp3) is 0.400. The van der Waals surface area contributed by atoms with Gasteiger partial charge in [-0.15, -0.1) is 0 Å². The van der Waals surface area contributed by atoms with Gasteiger partial charge in [0.2, 0.25) is 0 Å². The summed E-state index contributed by atoms with van der Waals surface area (Å²) in [5.41, 5.74) is 1.53. The molecule has 0 aliphatic heterocycles. The van der Waals surface area contributed by atoms with Gasteiger partial charge in [-0.2, -0.15) is 5.26 Å². The second-order valence-corrected chi connectivity index (χ2v) is 5.05. The Bertz CT molecular complexity index is 464. The Morgan fingerprint density at radius 2 is 2.00 bits per heavy atom. The van der Waals surface area contributed by atoms with Crippen molar-refractivity contribution in [2.45, 2.75) is 37.5 Å². The van der Waals surface area contributed by atoms with Gasteiger partial charge in [0.15, 0.2) is 0 Å². The van der Waals surface area contributed by atoms with Gasteiger partial charge in [0.25, 0.3) is 0 Å². The molecule has 1 aromatic carbocycles. The van der Waals surface area contributed by atoms with Crippen LogP contribution in [0.5, 0.6) is 0 Å². The third kappa shape index (κ3) is 2.10. The van der Waals surface area contributed by atoms with Gasteiger partial charge in [0.1, 0.15) is 0 Å². The first kappa shape index (κ1) is 12.2. The molecule has 0 aromatic heterocycles. The lowest BCUT2D eigenvalue weighted by Gasteiger charge is -2.32. The molecule has 1 aliphatic rings. The maximum absolute atomic E-state index is 9.55. The molecule has 0 amide bonds. The van der Waals surface area contributed by atoms with Gasteiger partial charge in [0.05, 0.1) is 16.5 Å². The predicted molar refractivity (Wildman–Crippen MR) is 71.9 cm³/mol. The van der Waals surface area contributed by atoms with Gasteiger partial charge in [0, 0.05) is 0 Å². The van der Waals surface area contributed by atoms with Crippen molar-refractivity contribution in [3.8, 4) is 6.07 Å². The number of benzene rings is 1. The van der Waals surface area contributed by atoms with E-state index in [1.54, 1.807) is 6.08 Å². The standard InChI is InChI=1S/C15H16ClN/c1-2-12-7-6-8-13(14(12)16)15(11-17)9-4-3-5-10-15/h2,6-8H,1,3-5,9-10H2. The number of rotatable bonds is 2. The maximum Gasteiger partial charge on any atom is 0.0836 e. The van der Waals surface area contributed by atoms with Crippen LogP contribution in [0.25, 0.3) is 6.08 Å². The van der Waals surface area contributed by atoms with E-state index in [0.717, 1.165) is 36.8 Å². The third-order valence-electron chi connectivity index (χ3n) is 3.69. The summed E-state index contributed by atoms with van der Waals surface area (Å²) >= 11 is 6.39. The molecule has 1 saturated carbocycles. The van der Waals surface area contributed by atoms with E-state index >= 15 is 0 Å². The average molecular weight is 246 g/mol. The molecular formula is C15H16ClN. The van der Waals surface area contributed by atoms with Crippen LogP contribution in [0.2, 0.25) is 5.02 Å². The first-order valence-corrected chi connectivity index (χ1v) is 6.44. The normalized spacial score (nSPS) is 18.4. The highest BCUT2D eigenvalue weighted by Gasteiger charge is 2.35. The van der Waals surface area contributed by atoms with E-state index in [1.807, 2.05) is 18.2 Å². The van der Waals surface area contributed by atoms with E-state index in [2.05, 4.69) is 12.6 Å². The van der Waals surface area contributed by atoms with E-state index in [-0.39, 0.29) is 5.41 Å². The van der Waals surface area contributed by atoms with Crippen molar-refractivity contribution in [2.75, 3.05) is 0 Å². The SMILES string of the molecule is C=Cc1cccc(C2(C#N)CCCCC2)c1Cl. The lowest BCUT2D eigenvalue weighted by molar-refractivity contribution is 0.366. The van der Waals surface area contributed by atoms with Gasteiger partial charge < -0.3 is 0 Å². The minimum atomic E-state index is -0.381. The third-order valence-corrected chi connectivity index (χ3v) is 4.11. The second-order valence-electron chi connectivity index (χ2n) is 4.67. The highest BCUT2D eigenvalue weighted by Crippen LogP contribution is 2.42. The molecular weight excluding hydrogens is 230 g/mol. The summed E-state index contributed by atoms with van der Waals surface area (Å²) in [6, 6.07) is 8.40. The number of hydrogen-bond donors (Lipinski definition) is 0. The highest BCUT2D eigenvalue weighted by atomic mass is 35.5. The monoisotopic (exact) mass is 245 g/mol. The van der Waals surface area contributed by atoms with Crippen LogP contribution in [-0.4, -0.2) is 0 Å². The molecule has 0 atom stereocenters. The minimum Gasteiger partial charge on any atom is -0.197 e. The Morgan fingerprint density at radius 3 is 2.59 bits per heavy atom. The van der Waals surface area contributed by atoms with E-state index in [1.165, 1.54) is 6.42 Å². The van der Waals surface area contributed by atoms with Crippen LogP contribution in [0.3, 0.4) is 0 Å². The van der Waals surface area contributed by atoms with Gasteiger partial charge in [-0.3, -0.25) is 0 Å². The first-order chi connectivity index (χ1) is 8.23. The molecule has 2 heteroatoms. The summed E-state index contributed by atoms with van der Waals surface area (Å²) in [6.07, 6.45) is 7.04. The smallest absolute Gasteiger partial charge is 0.0836 e. The van der Waals surface area contributed by atoms with Gasteiger partial charge in [-0.05, 0) is 24.0 Å². The van der Waals surface area contributed by atoms with Crippen LogP contribution in [0.1, 0.15) is 43.2 Å². The lowest BCUT2D eigenvalue weighted by Crippen LogP contribution is -2.27. The van der Waals surface area contributed by atoms with Crippen molar-refractivity contribution in [2.24, 2.45) is 0 Å². The molecule has 0 N–H and O–H groups in total. The van der Waals surface area contributed by atoms with E-state index in [9.17, 15) is 5.26 Å². The van der Waals surface area contributed by atoms with Gasteiger partial charge in [-0.1, -0.05) is 61.7 Å². The minimum absolute atomic E-state index is 0.381. The molecule has 1 aromatic rings. The molecule has 0 spiro atoms. The quantitative estimate of drug-likeness (QED) is 0.740. The highest BCUT2D eigenvalue weighted by molar-refractivity contribution is 6.33. The van der Waals surface area contributed by atoms with Crippen LogP contribution in [0.4, 0.5) is 0 Å². The van der Waals surface area contributed by atoms with Gasteiger partial charge in [-0.25, -0.2) is 0 Å². The maximum atomic E-state index is 9.55. The fourth-order valence-electron chi connectivity index (χ4n) is 2.67. The molecule has 1 aliphatic carbocycles. The number of hydrogen-bond acceptors (Lipinski definition) is 1. The summed E-state index contributed by atoms with van der Waals surface area (Å²) in [7, 11) is 0. The Hall–Kier alpha value is -1.26. The number of nitrogens with zero attached hydrogens (tertiary/aromatic N) is 1. The zero-order chi connectivity index (χ0) is 12.3. The summed E-state index contributed by atoms with van der Waals surface area (Å²) in [4.78, 5) is 0. The Morgan fingerprint density at radius 1 is 1.29 bits per heavy atom. The van der Waals surface area contributed by atoms with Crippen LogP contribution >= 0.6 is 11.6 Å². The van der Waals surface area contributed by atoms with Crippen LogP contribution in [-0.2, 0) is 5.41 Å². The largest absolute Gasteiger partial charge is 0.197 e. The van der Waals surface area contributed by atoms with Crippen molar-refractivity contribution in [3.05, 3.63) is 40.9 Å². The number of halogens is 1. The molecule has 0 heterocycles. The fourth-order valence-corrected chi connectivity index (χ4v) is 3.06. The zero-order valence-corrected chi connectivity index (χ0v) is 10.6. The first-order valence-electron chi connectivity index (χ1n) is 6.06. The lowest BCUT2D eigenvalue weighted by atomic mass is 9.70. The topological polar surface area (TPSA) is 23.8 Å². The Labute approximate surface area is 108 Å². The summed E-state index contributed by atoms with van der Waals surface area (Å²) in [5.74, 6) is 0. The zero-order valence-electron chi connectivity index (χ0n) is 9.88. The Kier molecular flexibility index (Phi) is 3.54. The summed E-state index contributed by atoms with van der Waals surface area (Å²) in [5, 5.41) is 10.2. The van der Waals surface area contributed by atoms with Crippen molar-refractivity contribution in [1.82, 2.24) is 0 Å². The Balaban J connectivity index is 2.51. The van der Waals surface area contributed by atoms with Crippen molar-refractivity contribution < 1.29 is 0 Å². The molecule has 1 nitrogen and oxygen atoms in total. The molecule has 0 saturated heterocycles. The molecule has 0 radical (unpaired) electrons. The predicted octanol–water partition coefficient (Wildman–Crippen LogP) is 4.71. The van der Waals surface area contributed by atoms with E-state index in [4.69, 9.17) is 11.6 Å². The van der Waals surface area contributed by atoms with Crippen LogP contribution in [0.15, 0.2) is 24.8 Å². The summed E-state index contributed by atoms with van der Waals surface area (Å²) < 4.78 is 0. The molecule has 88 valence electrons. The number of nitriles is 1. The van der Waals surface area contributed by atoms with Gasteiger partial charge >= 0.3 is 0 Å². The second kappa shape index (κ2) is 4.94. The molecule has 0 unspecified atom stereocenters. The van der Waals surface area contributed by atoms with Crippen LogP contribution < -0.4 is 0 Å². The molecule has 0 bridgehead atoms. The molecule has 2 rings (SSSR count). The van der Waals surface area contributed by atoms with E-state index < -0.39 is 0 Å².